The van der Waals surface area contributed by atoms with Crippen LogP contribution in [-0.2, 0) is 13.2 Å². The van der Waals surface area contributed by atoms with Crippen LogP contribution in [0, 0.1) is 5.82 Å². The third-order valence-corrected chi connectivity index (χ3v) is 4.57. The minimum atomic E-state index is -0.967. The summed E-state index contributed by atoms with van der Waals surface area (Å²) < 4.78 is 24.6. The lowest BCUT2D eigenvalue weighted by Gasteiger charge is -2.16. The molecule has 0 fully saturated rings. The molecule has 0 aliphatic carbocycles. The fraction of sp³-hybridized carbons (Fsp3) is 0.174. The topological polar surface area (TPSA) is 67.8 Å². The van der Waals surface area contributed by atoms with Gasteiger partial charge in [0.15, 0.2) is 11.5 Å². The zero-order valence-corrected chi connectivity index (χ0v) is 17.1. The van der Waals surface area contributed by atoms with Crippen molar-refractivity contribution in [2.75, 3.05) is 11.9 Å². The molecule has 3 rings (SSSR count). The first-order chi connectivity index (χ1) is 14.5. The molecule has 0 bridgehead atoms. The van der Waals surface area contributed by atoms with Crippen molar-refractivity contribution in [3.8, 4) is 11.5 Å². The summed E-state index contributed by atoms with van der Waals surface area (Å²) in [5.41, 5.74) is 2.70. The molecule has 0 heterocycles. The lowest BCUT2D eigenvalue weighted by molar-refractivity contribution is 0.0697. The van der Waals surface area contributed by atoms with E-state index >= 15 is 0 Å². The van der Waals surface area contributed by atoms with Crippen LogP contribution < -0.4 is 14.8 Å². The first-order valence-corrected chi connectivity index (χ1v) is 9.73. The van der Waals surface area contributed by atoms with Crippen LogP contribution in [-0.4, -0.2) is 17.7 Å². The van der Waals surface area contributed by atoms with Crippen LogP contribution in [0.4, 0.5) is 10.1 Å². The van der Waals surface area contributed by atoms with E-state index < -0.39 is 5.97 Å². The van der Waals surface area contributed by atoms with E-state index in [0.29, 0.717) is 29.7 Å². The van der Waals surface area contributed by atoms with Gasteiger partial charge in [-0.15, -0.1) is 0 Å². The Morgan fingerprint density at radius 2 is 1.73 bits per heavy atom. The largest absolute Gasteiger partial charge is 0.490 e. The lowest BCUT2D eigenvalue weighted by Crippen LogP contribution is -2.04. The maximum atomic E-state index is 13.1. The van der Waals surface area contributed by atoms with Gasteiger partial charge in [-0.2, -0.15) is 0 Å². The van der Waals surface area contributed by atoms with Crippen LogP contribution in [0.5, 0.6) is 11.5 Å². The van der Waals surface area contributed by atoms with Crippen molar-refractivity contribution >= 4 is 23.3 Å². The molecule has 0 spiro atoms. The number of hydrogen-bond acceptors (Lipinski definition) is 4. The Balaban J connectivity index is 1.71. The van der Waals surface area contributed by atoms with Gasteiger partial charge in [-0.1, -0.05) is 23.7 Å². The second kappa shape index (κ2) is 9.98. The van der Waals surface area contributed by atoms with Crippen molar-refractivity contribution < 1.29 is 23.8 Å². The molecule has 0 aliphatic heterocycles. The highest BCUT2D eigenvalue weighted by Crippen LogP contribution is 2.37. The van der Waals surface area contributed by atoms with Crippen molar-refractivity contribution in [2.24, 2.45) is 0 Å². The molecule has 5 nitrogen and oxygen atoms in total. The highest BCUT2D eigenvalue weighted by molar-refractivity contribution is 6.32. The molecule has 0 unspecified atom stereocenters. The summed E-state index contributed by atoms with van der Waals surface area (Å²) in [4.78, 5) is 10.9. The minimum Gasteiger partial charge on any atom is -0.490 e. The molecule has 2 N–H and O–H groups in total. The van der Waals surface area contributed by atoms with Crippen LogP contribution in [0.25, 0.3) is 0 Å². The fourth-order valence-corrected chi connectivity index (χ4v) is 3.09. The second-order valence-electron chi connectivity index (χ2n) is 6.49. The van der Waals surface area contributed by atoms with Crippen molar-refractivity contribution in [1.82, 2.24) is 0 Å². The molecule has 30 heavy (non-hydrogen) atoms. The van der Waals surface area contributed by atoms with Gasteiger partial charge >= 0.3 is 5.97 Å². The number of aromatic carboxylic acids is 1. The molecule has 3 aromatic carbocycles. The Kier molecular flexibility index (Phi) is 7.14. The number of hydrogen-bond donors (Lipinski definition) is 2. The van der Waals surface area contributed by atoms with Crippen LogP contribution in [0.3, 0.4) is 0 Å². The first kappa shape index (κ1) is 21.5. The maximum absolute atomic E-state index is 13.1. The van der Waals surface area contributed by atoms with Gasteiger partial charge in [-0.05, 0) is 66.6 Å². The highest BCUT2D eigenvalue weighted by atomic mass is 35.5. The smallest absolute Gasteiger partial charge is 0.335 e. The second-order valence-corrected chi connectivity index (χ2v) is 6.90. The average molecular weight is 430 g/mol. The number of halogens is 2. The van der Waals surface area contributed by atoms with Crippen molar-refractivity contribution in [1.29, 1.82) is 0 Å². The summed E-state index contributed by atoms with van der Waals surface area (Å²) in [6.45, 7) is 3.00. The maximum Gasteiger partial charge on any atom is 0.335 e. The van der Waals surface area contributed by atoms with Gasteiger partial charge in [0.25, 0.3) is 0 Å². The Morgan fingerprint density at radius 3 is 2.37 bits per heavy atom. The van der Waals surface area contributed by atoms with E-state index in [-0.39, 0.29) is 18.0 Å². The zero-order valence-electron chi connectivity index (χ0n) is 16.3. The van der Waals surface area contributed by atoms with Gasteiger partial charge in [0.1, 0.15) is 12.4 Å². The number of ether oxygens (including phenoxy) is 2. The molecule has 0 aliphatic rings. The summed E-state index contributed by atoms with van der Waals surface area (Å²) in [7, 11) is 0. The molecule has 0 radical (unpaired) electrons. The summed E-state index contributed by atoms with van der Waals surface area (Å²) in [6, 6.07) is 16.2. The van der Waals surface area contributed by atoms with Crippen LogP contribution in [0.2, 0.25) is 5.02 Å². The van der Waals surface area contributed by atoms with E-state index in [0.717, 1.165) is 16.8 Å². The number of carbonyl (C=O) groups is 1. The third kappa shape index (κ3) is 5.64. The lowest BCUT2D eigenvalue weighted by atomic mass is 10.1. The van der Waals surface area contributed by atoms with Gasteiger partial charge < -0.3 is 19.9 Å². The predicted molar refractivity (Wildman–Crippen MR) is 114 cm³/mol. The monoisotopic (exact) mass is 429 g/mol. The molecule has 0 saturated carbocycles. The van der Waals surface area contributed by atoms with Gasteiger partial charge in [0, 0.05) is 12.2 Å². The number of rotatable bonds is 9. The number of carboxylic acid groups (broad SMARTS) is 1. The molecule has 0 amide bonds. The van der Waals surface area contributed by atoms with E-state index in [1.807, 2.05) is 13.0 Å². The minimum absolute atomic E-state index is 0.227. The number of benzene rings is 3. The summed E-state index contributed by atoms with van der Waals surface area (Å²) in [6.07, 6.45) is 0. The Morgan fingerprint density at radius 1 is 1.03 bits per heavy atom. The van der Waals surface area contributed by atoms with Gasteiger partial charge in [0.2, 0.25) is 0 Å². The fourth-order valence-electron chi connectivity index (χ4n) is 2.80. The van der Waals surface area contributed by atoms with E-state index in [2.05, 4.69) is 5.32 Å². The summed E-state index contributed by atoms with van der Waals surface area (Å²) in [5, 5.41) is 12.6. The first-order valence-electron chi connectivity index (χ1n) is 9.36. The standard InChI is InChI=1S/C23H21ClFNO4/c1-2-29-21-12-16(13-26-19-9-5-17(6-10-19)23(27)28)11-20(24)22(21)30-14-15-3-7-18(25)8-4-15/h3-12,26H,2,13-14H2,1H3,(H,27,28). The van der Waals surface area contributed by atoms with Crippen LogP contribution >= 0.6 is 11.6 Å². The van der Waals surface area contributed by atoms with E-state index in [1.165, 1.54) is 24.3 Å². The number of nitrogens with one attached hydrogen (secondary N) is 1. The number of carboxylic acids is 1. The van der Waals surface area contributed by atoms with Crippen molar-refractivity contribution in [3.63, 3.8) is 0 Å². The quantitative estimate of drug-likeness (QED) is 0.452. The van der Waals surface area contributed by atoms with Gasteiger partial charge in [-0.3, -0.25) is 0 Å². The average Bonchev–Trinajstić information content (AvgIpc) is 2.73. The molecule has 3 aromatic rings. The Labute approximate surface area is 179 Å². The molecular weight excluding hydrogens is 409 g/mol. The normalized spacial score (nSPS) is 10.5. The summed E-state index contributed by atoms with van der Waals surface area (Å²) in [5.74, 6) is -0.324. The SMILES string of the molecule is CCOc1cc(CNc2ccc(C(=O)O)cc2)cc(Cl)c1OCc1ccc(F)cc1. The molecular formula is C23H21ClFNO4. The molecule has 7 heteroatoms. The van der Waals surface area contributed by atoms with Gasteiger partial charge in [0.05, 0.1) is 17.2 Å². The van der Waals surface area contributed by atoms with Crippen LogP contribution in [0.15, 0.2) is 60.7 Å². The number of anilines is 1. The molecule has 0 atom stereocenters. The Hall–Kier alpha value is -3.25. The van der Waals surface area contributed by atoms with Crippen molar-refractivity contribution in [3.05, 3.63) is 88.2 Å². The zero-order chi connectivity index (χ0) is 21.5. The Bertz CT molecular complexity index is 1010. The van der Waals surface area contributed by atoms with E-state index in [9.17, 15) is 9.18 Å². The molecule has 156 valence electrons. The highest BCUT2D eigenvalue weighted by Gasteiger charge is 2.13. The predicted octanol–water partition coefficient (Wildman–Crippen LogP) is 5.77. The van der Waals surface area contributed by atoms with Crippen molar-refractivity contribution in [2.45, 2.75) is 20.1 Å². The van der Waals surface area contributed by atoms with E-state index in [1.54, 1.807) is 30.3 Å². The molecule has 0 saturated heterocycles. The third-order valence-electron chi connectivity index (χ3n) is 4.29. The van der Waals surface area contributed by atoms with E-state index in [4.69, 9.17) is 26.2 Å². The summed E-state index contributed by atoms with van der Waals surface area (Å²) >= 11 is 6.44. The van der Waals surface area contributed by atoms with Gasteiger partial charge in [-0.25, -0.2) is 9.18 Å². The van der Waals surface area contributed by atoms with Crippen LogP contribution in [0.1, 0.15) is 28.4 Å². The molecule has 0 aromatic heterocycles.